The van der Waals surface area contributed by atoms with E-state index in [4.69, 9.17) is 0 Å². The summed E-state index contributed by atoms with van der Waals surface area (Å²) in [6.45, 7) is 9.05. The van der Waals surface area contributed by atoms with Gasteiger partial charge < -0.3 is 0 Å². The van der Waals surface area contributed by atoms with Crippen molar-refractivity contribution in [2.24, 2.45) is 0 Å². The van der Waals surface area contributed by atoms with Crippen LogP contribution in [-0.4, -0.2) is 45.0 Å². The molecule has 2 aromatic rings. The van der Waals surface area contributed by atoms with Crippen molar-refractivity contribution in [2.45, 2.75) is 46.2 Å². The van der Waals surface area contributed by atoms with E-state index in [1.807, 2.05) is 20.8 Å². The highest BCUT2D eigenvalue weighted by molar-refractivity contribution is 6.23. The Morgan fingerprint density at radius 2 is 1.07 bits per heavy atom. The van der Waals surface area contributed by atoms with Gasteiger partial charge in [0.15, 0.2) is 0 Å². The Labute approximate surface area is 169 Å². The second kappa shape index (κ2) is 6.11. The molecule has 0 aliphatic carbocycles. The molecule has 0 saturated heterocycles. The molecule has 2 aromatic carbocycles. The van der Waals surface area contributed by atoms with Gasteiger partial charge >= 0.3 is 0 Å². The molecule has 6 nitrogen and oxygen atoms in total. The van der Waals surface area contributed by atoms with E-state index in [1.54, 1.807) is 50.2 Å². The summed E-state index contributed by atoms with van der Waals surface area (Å²) in [5.74, 6) is -1.22. The maximum Gasteiger partial charge on any atom is 0.262 e. The SMILES string of the molecule is CC(C)N1C(=O)c2ccc(-c3ccc4c(c3)C(=O)N(C(C)(C)C)C4=O)cc2C1=O. The molecule has 2 heterocycles. The third kappa shape index (κ3) is 2.70. The van der Waals surface area contributed by atoms with Gasteiger partial charge in [0.2, 0.25) is 0 Å². The first-order valence-electron chi connectivity index (χ1n) is 9.57. The van der Waals surface area contributed by atoms with E-state index in [0.717, 1.165) is 0 Å². The van der Waals surface area contributed by atoms with Gasteiger partial charge in [0.1, 0.15) is 0 Å². The van der Waals surface area contributed by atoms with Crippen molar-refractivity contribution in [3.05, 3.63) is 58.7 Å². The van der Waals surface area contributed by atoms with Crippen LogP contribution in [0.2, 0.25) is 0 Å². The number of rotatable bonds is 2. The molecule has 6 heteroatoms. The van der Waals surface area contributed by atoms with Crippen LogP contribution in [0.1, 0.15) is 76.1 Å². The lowest BCUT2D eigenvalue weighted by atomic mass is 9.97. The van der Waals surface area contributed by atoms with Gasteiger partial charge in [0.25, 0.3) is 23.6 Å². The van der Waals surface area contributed by atoms with Gasteiger partial charge in [-0.1, -0.05) is 12.1 Å². The highest BCUT2D eigenvalue weighted by Gasteiger charge is 2.42. The minimum Gasteiger partial charge on any atom is -0.272 e. The second-order valence-corrected chi connectivity index (χ2v) is 8.71. The molecule has 0 saturated carbocycles. The molecule has 0 bridgehead atoms. The standard InChI is InChI=1S/C23H22N2O4/c1-12(2)24-19(26)15-8-6-13(10-17(15)20(24)27)14-7-9-16-18(11-14)22(29)25(21(16)28)23(3,4)5/h6-12H,1-5H3. The van der Waals surface area contributed by atoms with E-state index in [1.165, 1.54) is 9.80 Å². The number of carbonyl (C=O) groups is 4. The molecule has 4 rings (SSSR count). The predicted octanol–water partition coefficient (Wildman–Crippen LogP) is 3.75. The van der Waals surface area contributed by atoms with Crippen molar-refractivity contribution in [3.8, 4) is 11.1 Å². The number of imide groups is 2. The van der Waals surface area contributed by atoms with Crippen LogP contribution in [0.25, 0.3) is 11.1 Å². The van der Waals surface area contributed by atoms with Gasteiger partial charge in [-0.15, -0.1) is 0 Å². The summed E-state index contributed by atoms with van der Waals surface area (Å²) in [4.78, 5) is 53.2. The molecule has 2 aliphatic heterocycles. The van der Waals surface area contributed by atoms with Crippen molar-refractivity contribution < 1.29 is 19.2 Å². The van der Waals surface area contributed by atoms with Crippen molar-refractivity contribution >= 4 is 23.6 Å². The van der Waals surface area contributed by atoms with Gasteiger partial charge in [-0.05, 0) is 70.0 Å². The fourth-order valence-corrected chi connectivity index (χ4v) is 3.94. The highest BCUT2D eigenvalue weighted by Crippen LogP contribution is 2.34. The van der Waals surface area contributed by atoms with Crippen LogP contribution in [0.4, 0.5) is 0 Å². The van der Waals surface area contributed by atoms with Crippen LogP contribution in [0, 0.1) is 0 Å². The van der Waals surface area contributed by atoms with E-state index >= 15 is 0 Å². The van der Waals surface area contributed by atoms with Crippen LogP contribution in [0.15, 0.2) is 36.4 Å². The number of amides is 4. The molecule has 0 spiro atoms. The smallest absolute Gasteiger partial charge is 0.262 e. The van der Waals surface area contributed by atoms with E-state index in [2.05, 4.69) is 0 Å². The number of benzene rings is 2. The first-order chi connectivity index (χ1) is 13.5. The third-order valence-corrected chi connectivity index (χ3v) is 5.33. The maximum atomic E-state index is 12.8. The van der Waals surface area contributed by atoms with Gasteiger partial charge in [0.05, 0.1) is 22.3 Å². The quantitative estimate of drug-likeness (QED) is 0.732. The molecule has 0 fully saturated rings. The van der Waals surface area contributed by atoms with Crippen molar-refractivity contribution in [1.82, 2.24) is 9.80 Å². The zero-order valence-electron chi connectivity index (χ0n) is 17.1. The number of nitrogens with zero attached hydrogens (tertiary/aromatic N) is 2. The Hall–Kier alpha value is -3.28. The number of hydrogen-bond acceptors (Lipinski definition) is 4. The number of fused-ring (bicyclic) bond motifs is 2. The average Bonchev–Trinajstić information content (AvgIpc) is 3.05. The minimum atomic E-state index is -0.617. The summed E-state index contributed by atoms with van der Waals surface area (Å²) in [5.41, 5.74) is 2.30. The van der Waals surface area contributed by atoms with Crippen LogP contribution >= 0.6 is 0 Å². The topological polar surface area (TPSA) is 74.8 Å². The Kier molecular flexibility index (Phi) is 4.01. The summed E-state index contributed by atoms with van der Waals surface area (Å²) < 4.78 is 0. The fourth-order valence-electron chi connectivity index (χ4n) is 3.94. The molecule has 148 valence electrons. The van der Waals surface area contributed by atoms with Crippen molar-refractivity contribution in [1.29, 1.82) is 0 Å². The summed E-state index contributed by atoms with van der Waals surface area (Å²) in [7, 11) is 0. The second-order valence-electron chi connectivity index (χ2n) is 8.71. The van der Waals surface area contributed by atoms with Gasteiger partial charge in [-0.3, -0.25) is 29.0 Å². The van der Waals surface area contributed by atoms with Crippen LogP contribution in [-0.2, 0) is 0 Å². The normalized spacial score (nSPS) is 16.2. The monoisotopic (exact) mass is 390 g/mol. The van der Waals surface area contributed by atoms with Crippen LogP contribution < -0.4 is 0 Å². The molecule has 0 N–H and O–H groups in total. The van der Waals surface area contributed by atoms with E-state index in [9.17, 15) is 19.2 Å². The van der Waals surface area contributed by atoms with Crippen LogP contribution in [0.5, 0.6) is 0 Å². The molecular formula is C23H22N2O4. The predicted molar refractivity (Wildman–Crippen MR) is 108 cm³/mol. The molecule has 0 atom stereocenters. The molecular weight excluding hydrogens is 368 g/mol. The zero-order chi connectivity index (χ0) is 21.2. The average molecular weight is 390 g/mol. The van der Waals surface area contributed by atoms with Crippen molar-refractivity contribution in [3.63, 3.8) is 0 Å². The van der Waals surface area contributed by atoms with Gasteiger partial charge in [-0.2, -0.15) is 0 Å². The zero-order valence-corrected chi connectivity index (χ0v) is 17.1. The number of hydrogen-bond donors (Lipinski definition) is 0. The van der Waals surface area contributed by atoms with Crippen molar-refractivity contribution in [2.75, 3.05) is 0 Å². The lowest BCUT2D eigenvalue weighted by molar-refractivity contribution is 0.0505. The van der Waals surface area contributed by atoms with Gasteiger partial charge in [-0.25, -0.2) is 0 Å². The molecule has 4 amide bonds. The Bertz CT molecular complexity index is 1110. The van der Waals surface area contributed by atoms with Crippen LogP contribution in [0.3, 0.4) is 0 Å². The molecule has 0 aromatic heterocycles. The van der Waals surface area contributed by atoms with E-state index in [0.29, 0.717) is 33.4 Å². The summed E-state index contributed by atoms with van der Waals surface area (Å²) in [6.07, 6.45) is 0. The Morgan fingerprint density at radius 1 is 0.655 bits per heavy atom. The lowest BCUT2D eigenvalue weighted by Crippen LogP contribution is -2.45. The Morgan fingerprint density at radius 3 is 1.55 bits per heavy atom. The maximum absolute atomic E-state index is 12.8. The summed E-state index contributed by atoms with van der Waals surface area (Å²) in [6, 6.07) is 9.97. The third-order valence-electron chi connectivity index (χ3n) is 5.33. The number of carbonyl (C=O) groups excluding carboxylic acids is 4. The lowest BCUT2D eigenvalue weighted by Gasteiger charge is -2.29. The highest BCUT2D eigenvalue weighted by atomic mass is 16.2. The van der Waals surface area contributed by atoms with E-state index < -0.39 is 5.54 Å². The molecule has 0 radical (unpaired) electrons. The molecule has 2 aliphatic rings. The summed E-state index contributed by atoms with van der Waals surface area (Å²) in [5, 5.41) is 0. The molecule has 0 unspecified atom stereocenters. The Balaban J connectivity index is 1.76. The fraction of sp³-hybridized carbons (Fsp3) is 0.304. The largest absolute Gasteiger partial charge is 0.272 e. The minimum absolute atomic E-state index is 0.224. The summed E-state index contributed by atoms with van der Waals surface area (Å²) >= 11 is 0. The first kappa shape index (κ1) is 19.1. The first-order valence-corrected chi connectivity index (χ1v) is 9.57. The molecule has 29 heavy (non-hydrogen) atoms. The van der Waals surface area contributed by atoms with E-state index in [-0.39, 0.29) is 29.7 Å². The van der Waals surface area contributed by atoms with Gasteiger partial charge in [0, 0.05) is 11.6 Å².